The lowest BCUT2D eigenvalue weighted by molar-refractivity contribution is -0.121. The minimum atomic E-state index is 0.0533. The lowest BCUT2D eigenvalue weighted by atomic mass is 10.0. The van der Waals surface area contributed by atoms with E-state index in [0.29, 0.717) is 24.8 Å². The van der Waals surface area contributed by atoms with Crippen molar-refractivity contribution in [1.29, 1.82) is 0 Å². The Labute approximate surface area is 97.8 Å². The molecule has 1 aliphatic carbocycles. The number of hydrogen-bond acceptors (Lipinski definition) is 1. The van der Waals surface area contributed by atoms with Gasteiger partial charge in [0.05, 0.1) is 5.38 Å². The van der Waals surface area contributed by atoms with Crippen LogP contribution in [-0.2, 0) is 4.79 Å². The third kappa shape index (κ3) is 4.87. The summed E-state index contributed by atoms with van der Waals surface area (Å²) >= 11 is 6.06. The van der Waals surface area contributed by atoms with Gasteiger partial charge in [-0.1, -0.05) is 26.7 Å². The lowest BCUT2D eigenvalue weighted by Crippen LogP contribution is -2.32. The summed E-state index contributed by atoms with van der Waals surface area (Å²) in [4.78, 5) is 11.6. The smallest absolute Gasteiger partial charge is 0.220 e. The van der Waals surface area contributed by atoms with Crippen LogP contribution in [-0.4, -0.2) is 17.8 Å². The molecule has 0 aromatic carbocycles. The molecule has 1 fully saturated rings. The average molecular weight is 232 g/mol. The zero-order valence-electron chi connectivity index (χ0n) is 9.76. The van der Waals surface area contributed by atoms with Crippen LogP contribution in [0.3, 0.4) is 0 Å². The number of hydrogen-bond donors (Lipinski definition) is 1. The summed E-state index contributed by atoms with van der Waals surface area (Å²) in [5, 5.41) is 2.97. The Bertz CT molecular complexity index is 200. The molecule has 0 saturated heterocycles. The second-order valence-corrected chi connectivity index (χ2v) is 5.48. The van der Waals surface area contributed by atoms with E-state index in [4.69, 9.17) is 11.6 Å². The molecule has 3 heteroatoms. The van der Waals surface area contributed by atoms with Crippen molar-refractivity contribution in [2.24, 2.45) is 11.8 Å². The van der Waals surface area contributed by atoms with Gasteiger partial charge in [0.25, 0.3) is 0 Å². The number of amides is 1. The molecule has 0 radical (unpaired) electrons. The summed E-state index contributed by atoms with van der Waals surface area (Å²) in [6.45, 7) is 4.74. The van der Waals surface area contributed by atoms with Crippen LogP contribution in [0.15, 0.2) is 0 Å². The topological polar surface area (TPSA) is 29.1 Å². The Morgan fingerprint density at radius 3 is 2.53 bits per heavy atom. The van der Waals surface area contributed by atoms with Gasteiger partial charge in [-0.15, -0.1) is 11.6 Å². The van der Waals surface area contributed by atoms with Gasteiger partial charge in [-0.3, -0.25) is 4.79 Å². The van der Waals surface area contributed by atoms with Gasteiger partial charge in [0.2, 0.25) is 5.91 Å². The largest absolute Gasteiger partial charge is 0.355 e. The van der Waals surface area contributed by atoms with Crippen LogP contribution < -0.4 is 5.32 Å². The molecule has 0 aliphatic heterocycles. The maximum atomic E-state index is 11.6. The molecule has 0 aromatic rings. The molecular weight excluding hydrogens is 210 g/mol. The number of halogens is 1. The molecule has 1 saturated carbocycles. The van der Waals surface area contributed by atoms with Crippen LogP contribution >= 0.6 is 11.6 Å². The minimum absolute atomic E-state index is 0.0533. The minimum Gasteiger partial charge on any atom is -0.355 e. The molecule has 0 heterocycles. The standard InChI is InChI=1S/C12H22ClNO/c1-9(2)11(13)8-14-12(15)7-10-5-3-4-6-10/h9-11H,3-8H2,1-2H3,(H,14,15). The summed E-state index contributed by atoms with van der Waals surface area (Å²) in [5.74, 6) is 1.21. The first-order valence-corrected chi connectivity index (χ1v) is 6.44. The predicted octanol–water partition coefficient (Wildman–Crippen LogP) is 2.95. The molecule has 2 nitrogen and oxygen atoms in total. The molecule has 15 heavy (non-hydrogen) atoms. The van der Waals surface area contributed by atoms with E-state index >= 15 is 0 Å². The molecule has 88 valence electrons. The van der Waals surface area contributed by atoms with E-state index in [-0.39, 0.29) is 11.3 Å². The van der Waals surface area contributed by atoms with Crippen LogP contribution in [0.5, 0.6) is 0 Å². The summed E-state index contributed by atoms with van der Waals surface area (Å²) in [6, 6.07) is 0. The Kier molecular flexibility index (Phi) is 5.44. The Morgan fingerprint density at radius 2 is 2.00 bits per heavy atom. The highest BCUT2D eigenvalue weighted by atomic mass is 35.5. The highest BCUT2D eigenvalue weighted by molar-refractivity contribution is 6.21. The molecule has 0 spiro atoms. The second-order valence-electron chi connectivity index (χ2n) is 4.92. The zero-order valence-corrected chi connectivity index (χ0v) is 10.5. The number of alkyl halides is 1. The van der Waals surface area contributed by atoms with Crippen LogP contribution in [0.2, 0.25) is 0 Å². The van der Waals surface area contributed by atoms with E-state index in [1.807, 2.05) is 0 Å². The summed E-state index contributed by atoms with van der Waals surface area (Å²) < 4.78 is 0. The van der Waals surface area contributed by atoms with E-state index < -0.39 is 0 Å². The number of nitrogens with one attached hydrogen (secondary N) is 1. The van der Waals surface area contributed by atoms with Crippen molar-refractivity contribution in [3.8, 4) is 0 Å². The van der Waals surface area contributed by atoms with Gasteiger partial charge in [-0.05, 0) is 24.7 Å². The van der Waals surface area contributed by atoms with Crippen molar-refractivity contribution in [3.63, 3.8) is 0 Å². The fourth-order valence-electron chi connectivity index (χ4n) is 2.00. The monoisotopic (exact) mass is 231 g/mol. The third-order valence-corrected chi connectivity index (χ3v) is 3.82. The van der Waals surface area contributed by atoms with Gasteiger partial charge in [0.15, 0.2) is 0 Å². The average Bonchev–Trinajstić information content (AvgIpc) is 2.66. The van der Waals surface area contributed by atoms with Gasteiger partial charge >= 0.3 is 0 Å². The highest BCUT2D eigenvalue weighted by Gasteiger charge is 2.19. The van der Waals surface area contributed by atoms with Crippen molar-refractivity contribution >= 4 is 17.5 Å². The van der Waals surface area contributed by atoms with Gasteiger partial charge in [0.1, 0.15) is 0 Å². The number of rotatable bonds is 5. The molecule has 1 aliphatic rings. The first kappa shape index (κ1) is 12.8. The maximum absolute atomic E-state index is 11.6. The molecule has 1 atom stereocenters. The van der Waals surface area contributed by atoms with Crippen LogP contribution in [0.4, 0.5) is 0 Å². The quantitative estimate of drug-likeness (QED) is 0.725. The van der Waals surface area contributed by atoms with Crippen LogP contribution in [0.1, 0.15) is 46.0 Å². The first-order chi connectivity index (χ1) is 7.09. The molecular formula is C12H22ClNO. The summed E-state index contributed by atoms with van der Waals surface area (Å²) in [6.07, 6.45) is 5.73. The fourth-order valence-corrected chi connectivity index (χ4v) is 2.07. The van der Waals surface area contributed by atoms with E-state index in [1.165, 1.54) is 25.7 Å². The normalized spacial score (nSPS) is 19.5. The summed E-state index contributed by atoms with van der Waals surface area (Å²) in [5.41, 5.74) is 0. The first-order valence-electron chi connectivity index (χ1n) is 6.00. The predicted molar refractivity (Wildman–Crippen MR) is 64.1 cm³/mol. The van der Waals surface area contributed by atoms with Gasteiger partial charge < -0.3 is 5.32 Å². The lowest BCUT2D eigenvalue weighted by Gasteiger charge is -2.15. The van der Waals surface area contributed by atoms with Crippen molar-refractivity contribution in [2.45, 2.75) is 51.3 Å². The molecule has 0 aromatic heterocycles. The SMILES string of the molecule is CC(C)C(Cl)CNC(=O)CC1CCCC1. The number of carbonyl (C=O) groups excluding carboxylic acids is 1. The van der Waals surface area contributed by atoms with E-state index in [2.05, 4.69) is 19.2 Å². The van der Waals surface area contributed by atoms with Crippen LogP contribution in [0.25, 0.3) is 0 Å². The Hall–Kier alpha value is -0.240. The second kappa shape index (κ2) is 6.37. The van der Waals surface area contributed by atoms with Crippen LogP contribution in [0, 0.1) is 11.8 Å². The van der Waals surface area contributed by atoms with Gasteiger partial charge in [0, 0.05) is 13.0 Å². The van der Waals surface area contributed by atoms with Crippen molar-refractivity contribution in [1.82, 2.24) is 5.32 Å². The molecule has 1 unspecified atom stereocenters. The van der Waals surface area contributed by atoms with E-state index in [0.717, 1.165) is 0 Å². The van der Waals surface area contributed by atoms with E-state index in [1.54, 1.807) is 0 Å². The molecule has 1 rings (SSSR count). The van der Waals surface area contributed by atoms with Crippen molar-refractivity contribution in [2.75, 3.05) is 6.54 Å². The molecule has 0 bridgehead atoms. The summed E-state index contributed by atoms with van der Waals surface area (Å²) in [7, 11) is 0. The van der Waals surface area contributed by atoms with Crippen molar-refractivity contribution < 1.29 is 4.79 Å². The third-order valence-electron chi connectivity index (χ3n) is 3.17. The van der Waals surface area contributed by atoms with E-state index in [9.17, 15) is 4.79 Å². The maximum Gasteiger partial charge on any atom is 0.220 e. The zero-order chi connectivity index (χ0) is 11.3. The Balaban J connectivity index is 2.12. The fraction of sp³-hybridized carbons (Fsp3) is 0.917. The molecule has 1 N–H and O–H groups in total. The number of carbonyl (C=O) groups is 1. The van der Waals surface area contributed by atoms with Gasteiger partial charge in [-0.2, -0.15) is 0 Å². The highest BCUT2D eigenvalue weighted by Crippen LogP contribution is 2.27. The van der Waals surface area contributed by atoms with Gasteiger partial charge in [-0.25, -0.2) is 0 Å². The Morgan fingerprint density at radius 1 is 1.40 bits per heavy atom. The molecule has 1 amide bonds. The van der Waals surface area contributed by atoms with Crippen molar-refractivity contribution in [3.05, 3.63) is 0 Å².